The Balaban J connectivity index is 1.67. The van der Waals surface area contributed by atoms with Crippen LogP contribution in [-0.4, -0.2) is 28.0 Å². The molecule has 2 heterocycles. The molecule has 1 amide bonds. The number of rotatable bonds is 6. The van der Waals surface area contributed by atoms with Crippen molar-refractivity contribution < 1.29 is 9.53 Å². The number of amides is 1. The fourth-order valence-corrected chi connectivity index (χ4v) is 2.17. The van der Waals surface area contributed by atoms with Crippen molar-refractivity contribution in [1.82, 2.24) is 20.3 Å². The first-order valence-electron chi connectivity index (χ1n) is 7.65. The van der Waals surface area contributed by atoms with Crippen molar-refractivity contribution in [3.63, 3.8) is 0 Å². The minimum absolute atomic E-state index is 0.278. The lowest BCUT2D eigenvalue weighted by Crippen LogP contribution is -2.24. The summed E-state index contributed by atoms with van der Waals surface area (Å²) in [4.78, 5) is 24.4. The second kappa shape index (κ2) is 7.87. The summed E-state index contributed by atoms with van der Waals surface area (Å²) in [7, 11) is 1.61. The smallest absolute Gasteiger partial charge is 0.270 e. The Bertz CT molecular complexity index is 855. The van der Waals surface area contributed by atoms with Crippen LogP contribution in [0.1, 0.15) is 16.1 Å². The molecular weight excluding hydrogens is 318 g/mol. The molecule has 7 heteroatoms. The van der Waals surface area contributed by atoms with E-state index in [1.54, 1.807) is 25.6 Å². The number of methoxy groups -OCH3 is 1. The van der Waals surface area contributed by atoms with Crippen LogP contribution in [0.5, 0.6) is 5.75 Å². The fraction of sp³-hybridized carbons (Fsp3) is 0.111. The quantitative estimate of drug-likeness (QED) is 0.720. The van der Waals surface area contributed by atoms with Gasteiger partial charge in [-0.15, -0.1) is 0 Å². The van der Waals surface area contributed by atoms with Crippen LogP contribution in [-0.2, 0) is 6.54 Å². The number of hydrogen-bond donors (Lipinski definition) is 2. The maximum atomic E-state index is 12.3. The number of carbonyl (C=O) groups excluding carboxylic acids is 1. The normalized spacial score (nSPS) is 10.1. The highest BCUT2D eigenvalue weighted by Crippen LogP contribution is 2.20. The third kappa shape index (κ3) is 4.51. The van der Waals surface area contributed by atoms with Gasteiger partial charge < -0.3 is 15.4 Å². The standard InChI is InChI=1S/C18H17N5O2/c1-25-15-6-2-5-14(8-15)23-17-9-16(21-12-22-17)18(24)20-11-13-4-3-7-19-10-13/h2-10,12H,11H2,1H3,(H,20,24)(H,21,22,23). The number of nitrogens with zero attached hydrogens (tertiary/aromatic N) is 3. The molecule has 25 heavy (non-hydrogen) atoms. The first kappa shape index (κ1) is 16.4. The summed E-state index contributed by atoms with van der Waals surface area (Å²) in [6, 6.07) is 12.7. The van der Waals surface area contributed by atoms with Crippen molar-refractivity contribution in [3.8, 4) is 5.75 Å². The largest absolute Gasteiger partial charge is 0.497 e. The van der Waals surface area contributed by atoms with Crippen LogP contribution >= 0.6 is 0 Å². The Morgan fingerprint density at radius 1 is 1.16 bits per heavy atom. The van der Waals surface area contributed by atoms with Crippen LogP contribution in [0.2, 0.25) is 0 Å². The minimum Gasteiger partial charge on any atom is -0.497 e. The summed E-state index contributed by atoms with van der Waals surface area (Å²) in [6.45, 7) is 0.384. The van der Waals surface area contributed by atoms with Gasteiger partial charge >= 0.3 is 0 Å². The first-order valence-corrected chi connectivity index (χ1v) is 7.65. The lowest BCUT2D eigenvalue weighted by molar-refractivity contribution is 0.0945. The van der Waals surface area contributed by atoms with Gasteiger partial charge in [0.2, 0.25) is 0 Å². The Kier molecular flexibility index (Phi) is 5.16. The summed E-state index contributed by atoms with van der Waals surface area (Å²) >= 11 is 0. The van der Waals surface area contributed by atoms with Crippen molar-refractivity contribution in [1.29, 1.82) is 0 Å². The van der Waals surface area contributed by atoms with Crippen molar-refractivity contribution in [2.24, 2.45) is 0 Å². The van der Waals surface area contributed by atoms with Crippen molar-refractivity contribution in [3.05, 3.63) is 72.4 Å². The Hall–Kier alpha value is -3.48. The van der Waals surface area contributed by atoms with Gasteiger partial charge in [-0.05, 0) is 23.8 Å². The van der Waals surface area contributed by atoms with E-state index in [-0.39, 0.29) is 11.6 Å². The monoisotopic (exact) mass is 335 g/mol. The average Bonchev–Trinajstić information content (AvgIpc) is 2.67. The van der Waals surface area contributed by atoms with E-state index in [0.29, 0.717) is 12.4 Å². The molecule has 2 aromatic heterocycles. The first-order chi connectivity index (χ1) is 12.2. The highest BCUT2D eigenvalue weighted by molar-refractivity contribution is 5.92. The molecule has 0 saturated carbocycles. The molecular formula is C18H17N5O2. The van der Waals surface area contributed by atoms with E-state index in [4.69, 9.17) is 4.74 Å². The molecule has 1 aromatic carbocycles. The molecule has 0 unspecified atom stereocenters. The van der Waals surface area contributed by atoms with Crippen LogP contribution in [0.3, 0.4) is 0 Å². The van der Waals surface area contributed by atoms with Crippen molar-refractivity contribution in [2.75, 3.05) is 12.4 Å². The molecule has 0 aliphatic carbocycles. The molecule has 0 bridgehead atoms. The summed E-state index contributed by atoms with van der Waals surface area (Å²) < 4.78 is 5.19. The second-order valence-corrected chi connectivity index (χ2v) is 5.19. The van der Waals surface area contributed by atoms with E-state index < -0.39 is 0 Å². The zero-order valence-corrected chi connectivity index (χ0v) is 13.6. The van der Waals surface area contributed by atoms with E-state index in [1.165, 1.54) is 6.33 Å². The van der Waals surface area contributed by atoms with Gasteiger partial charge in [0.15, 0.2) is 0 Å². The molecule has 0 fully saturated rings. The third-order valence-corrected chi connectivity index (χ3v) is 3.42. The number of pyridine rings is 1. The predicted octanol–water partition coefficient (Wildman–Crippen LogP) is 2.55. The Labute approximate surface area is 145 Å². The van der Waals surface area contributed by atoms with Crippen LogP contribution in [0.15, 0.2) is 61.2 Å². The van der Waals surface area contributed by atoms with Gasteiger partial charge in [0.25, 0.3) is 5.91 Å². The number of carbonyl (C=O) groups is 1. The van der Waals surface area contributed by atoms with E-state index in [1.807, 2.05) is 36.4 Å². The summed E-state index contributed by atoms with van der Waals surface area (Å²) in [6.07, 6.45) is 4.74. The van der Waals surface area contributed by atoms with Crippen molar-refractivity contribution in [2.45, 2.75) is 6.54 Å². The van der Waals surface area contributed by atoms with E-state index in [2.05, 4.69) is 25.6 Å². The summed E-state index contributed by atoms with van der Waals surface area (Å²) in [5.41, 5.74) is 2.00. The number of hydrogen-bond acceptors (Lipinski definition) is 6. The lowest BCUT2D eigenvalue weighted by Gasteiger charge is -2.09. The van der Waals surface area contributed by atoms with Gasteiger partial charge in [0.05, 0.1) is 7.11 Å². The van der Waals surface area contributed by atoms with Gasteiger partial charge in [-0.1, -0.05) is 12.1 Å². The van der Waals surface area contributed by atoms with Crippen LogP contribution in [0.25, 0.3) is 0 Å². The van der Waals surface area contributed by atoms with Gasteiger partial charge in [0, 0.05) is 36.8 Å². The predicted molar refractivity (Wildman–Crippen MR) is 93.7 cm³/mol. The maximum Gasteiger partial charge on any atom is 0.270 e. The van der Waals surface area contributed by atoms with Crippen LogP contribution in [0, 0.1) is 0 Å². The molecule has 0 saturated heterocycles. The maximum absolute atomic E-state index is 12.3. The molecule has 3 aromatic rings. The Morgan fingerprint density at radius 3 is 2.88 bits per heavy atom. The average molecular weight is 335 g/mol. The van der Waals surface area contributed by atoms with Crippen LogP contribution in [0.4, 0.5) is 11.5 Å². The van der Waals surface area contributed by atoms with Gasteiger partial charge in [-0.25, -0.2) is 9.97 Å². The number of nitrogens with one attached hydrogen (secondary N) is 2. The molecule has 0 radical (unpaired) electrons. The Morgan fingerprint density at radius 2 is 2.08 bits per heavy atom. The zero-order valence-electron chi connectivity index (χ0n) is 13.6. The molecule has 2 N–H and O–H groups in total. The number of ether oxygens (including phenoxy) is 1. The highest BCUT2D eigenvalue weighted by atomic mass is 16.5. The molecule has 0 aliphatic heterocycles. The van der Waals surface area contributed by atoms with Crippen LogP contribution < -0.4 is 15.4 Å². The SMILES string of the molecule is COc1cccc(Nc2cc(C(=O)NCc3cccnc3)ncn2)c1. The van der Waals surface area contributed by atoms with Gasteiger partial charge in [0.1, 0.15) is 23.6 Å². The van der Waals surface area contributed by atoms with E-state index in [0.717, 1.165) is 17.0 Å². The molecule has 7 nitrogen and oxygen atoms in total. The summed E-state index contributed by atoms with van der Waals surface area (Å²) in [5.74, 6) is 0.975. The molecule has 0 spiro atoms. The fourth-order valence-electron chi connectivity index (χ4n) is 2.17. The number of benzene rings is 1. The zero-order chi connectivity index (χ0) is 17.5. The number of anilines is 2. The van der Waals surface area contributed by atoms with E-state index >= 15 is 0 Å². The molecule has 0 aliphatic rings. The topological polar surface area (TPSA) is 89.0 Å². The summed E-state index contributed by atoms with van der Waals surface area (Å²) in [5, 5.41) is 5.93. The molecule has 0 atom stereocenters. The molecule has 126 valence electrons. The van der Waals surface area contributed by atoms with Gasteiger partial charge in [-0.2, -0.15) is 0 Å². The highest BCUT2D eigenvalue weighted by Gasteiger charge is 2.09. The van der Waals surface area contributed by atoms with Crippen molar-refractivity contribution >= 4 is 17.4 Å². The van der Waals surface area contributed by atoms with E-state index in [9.17, 15) is 4.79 Å². The second-order valence-electron chi connectivity index (χ2n) is 5.19. The van der Waals surface area contributed by atoms with Gasteiger partial charge in [-0.3, -0.25) is 9.78 Å². The molecule has 3 rings (SSSR count). The number of aromatic nitrogens is 3. The minimum atomic E-state index is -0.278. The lowest BCUT2D eigenvalue weighted by atomic mass is 10.2. The third-order valence-electron chi connectivity index (χ3n) is 3.42.